The predicted molar refractivity (Wildman–Crippen MR) is 91.8 cm³/mol. The second-order valence-corrected chi connectivity index (χ2v) is 6.76. The number of amides is 1. The average molecular weight is 380 g/mol. The Hall–Kier alpha value is -2.77. The molecule has 1 aromatic carbocycles. The topological polar surface area (TPSA) is 62.5 Å². The van der Waals surface area contributed by atoms with Crippen LogP contribution in [0.15, 0.2) is 36.4 Å². The minimum Gasteiger partial charge on any atom is -0.481 e. The lowest BCUT2D eigenvalue weighted by atomic mass is 9.96. The molecule has 0 bridgehead atoms. The van der Waals surface area contributed by atoms with E-state index in [1.807, 2.05) is 34.9 Å². The van der Waals surface area contributed by atoms with Gasteiger partial charge in [-0.2, -0.15) is 13.2 Å². The standard InChI is InChI=1S/C19H19F3N2O3/c1-11-8-14(12(2)24(11)13-6-4-3-5-7-13)17(25)23-9-15(18(26)27)16(10-23)19(20,21)22/h3-8,15-16H,9-10H2,1-2H3,(H,26,27)/t15-,16-/m1/s1. The number of hydrogen-bond acceptors (Lipinski definition) is 2. The van der Waals surface area contributed by atoms with Gasteiger partial charge in [0.1, 0.15) is 0 Å². The van der Waals surface area contributed by atoms with E-state index in [0.717, 1.165) is 16.3 Å². The Balaban J connectivity index is 1.92. The monoisotopic (exact) mass is 380 g/mol. The molecule has 3 rings (SSSR count). The van der Waals surface area contributed by atoms with Crippen molar-refractivity contribution in [1.29, 1.82) is 0 Å². The lowest BCUT2D eigenvalue weighted by Crippen LogP contribution is -2.34. The molecule has 0 saturated carbocycles. The van der Waals surface area contributed by atoms with Crippen molar-refractivity contribution in [2.75, 3.05) is 13.1 Å². The lowest BCUT2D eigenvalue weighted by Gasteiger charge is -2.18. The molecular weight excluding hydrogens is 361 g/mol. The smallest absolute Gasteiger partial charge is 0.394 e. The third kappa shape index (κ3) is 3.43. The number of aryl methyl sites for hydroxylation is 1. The number of carboxylic acids is 1. The van der Waals surface area contributed by atoms with Crippen LogP contribution in [0.1, 0.15) is 21.7 Å². The molecule has 1 saturated heterocycles. The van der Waals surface area contributed by atoms with E-state index in [2.05, 4.69) is 0 Å². The molecule has 1 aromatic heterocycles. The molecule has 0 radical (unpaired) electrons. The second kappa shape index (κ2) is 6.75. The summed E-state index contributed by atoms with van der Waals surface area (Å²) in [5.41, 5.74) is 2.49. The van der Waals surface area contributed by atoms with E-state index in [1.54, 1.807) is 19.9 Å². The van der Waals surface area contributed by atoms with Gasteiger partial charge in [-0.1, -0.05) is 18.2 Å². The number of nitrogens with zero attached hydrogens (tertiary/aromatic N) is 2. The minimum absolute atomic E-state index is 0.281. The average Bonchev–Trinajstić information content (AvgIpc) is 3.17. The van der Waals surface area contributed by atoms with Gasteiger partial charge in [-0.05, 0) is 32.0 Å². The Bertz CT molecular complexity index is 874. The van der Waals surface area contributed by atoms with Gasteiger partial charge < -0.3 is 14.6 Å². The van der Waals surface area contributed by atoms with Gasteiger partial charge in [-0.3, -0.25) is 9.59 Å². The molecule has 144 valence electrons. The van der Waals surface area contributed by atoms with E-state index in [0.29, 0.717) is 5.69 Å². The van der Waals surface area contributed by atoms with E-state index in [9.17, 15) is 22.8 Å². The lowest BCUT2D eigenvalue weighted by molar-refractivity contribution is -0.187. The first-order chi connectivity index (χ1) is 12.6. The first-order valence-electron chi connectivity index (χ1n) is 8.44. The van der Waals surface area contributed by atoms with Crippen molar-refractivity contribution >= 4 is 11.9 Å². The molecule has 27 heavy (non-hydrogen) atoms. The summed E-state index contributed by atoms with van der Waals surface area (Å²) in [6, 6.07) is 10.9. The van der Waals surface area contributed by atoms with Crippen molar-refractivity contribution in [1.82, 2.24) is 9.47 Å². The maximum atomic E-state index is 13.2. The zero-order chi connectivity index (χ0) is 19.9. The minimum atomic E-state index is -4.67. The SMILES string of the molecule is Cc1cc(C(=O)N2C[C@@H](C(F)(F)F)[C@H](C(=O)O)C2)c(C)n1-c1ccccc1. The van der Waals surface area contributed by atoms with Gasteiger partial charge in [0.15, 0.2) is 0 Å². The highest BCUT2D eigenvalue weighted by Gasteiger charge is 2.53. The summed E-state index contributed by atoms with van der Waals surface area (Å²) in [6.45, 7) is 2.43. The molecule has 5 nitrogen and oxygen atoms in total. The van der Waals surface area contributed by atoms with Crippen molar-refractivity contribution in [3.63, 3.8) is 0 Å². The summed E-state index contributed by atoms with van der Waals surface area (Å²) < 4.78 is 41.4. The molecule has 0 aliphatic carbocycles. The number of carboxylic acid groups (broad SMARTS) is 1. The number of hydrogen-bond donors (Lipinski definition) is 1. The molecule has 1 aliphatic rings. The molecule has 2 atom stereocenters. The van der Waals surface area contributed by atoms with Crippen molar-refractivity contribution in [2.45, 2.75) is 20.0 Å². The number of alkyl halides is 3. The van der Waals surface area contributed by atoms with Gasteiger partial charge in [0.2, 0.25) is 0 Å². The number of carbonyl (C=O) groups excluding carboxylic acids is 1. The van der Waals surface area contributed by atoms with Crippen LogP contribution in [0.4, 0.5) is 13.2 Å². The second-order valence-electron chi connectivity index (χ2n) is 6.76. The summed E-state index contributed by atoms with van der Waals surface area (Å²) in [5.74, 6) is -5.83. The highest BCUT2D eigenvalue weighted by atomic mass is 19.4. The summed E-state index contributed by atoms with van der Waals surface area (Å²) >= 11 is 0. The highest BCUT2D eigenvalue weighted by molar-refractivity contribution is 5.96. The number of carbonyl (C=O) groups is 2. The summed E-state index contributed by atoms with van der Waals surface area (Å²) in [4.78, 5) is 25.1. The number of halogens is 3. The molecule has 2 heterocycles. The molecule has 1 fully saturated rings. The molecule has 0 spiro atoms. The summed E-state index contributed by atoms with van der Waals surface area (Å²) in [7, 11) is 0. The van der Waals surface area contributed by atoms with E-state index in [1.165, 1.54) is 0 Å². The number of aliphatic carboxylic acids is 1. The molecule has 1 N–H and O–H groups in total. The number of rotatable bonds is 3. The Labute approximate surface area is 154 Å². The first kappa shape index (κ1) is 19.0. The Morgan fingerprint density at radius 1 is 1.11 bits per heavy atom. The van der Waals surface area contributed by atoms with Gasteiger partial charge in [0.25, 0.3) is 5.91 Å². The zero-order valence-electron chi connectivity index (χ0n) is 14.8. The van der Waals surface area contributed by atoms with Gasteiger partial charge in [-0.25, -0.2) is 0 Å². The number of para-hydroxylation sites is 1. The molecule has 1 aliphatic heterocycles. The molecular formula is C19H19F3N2O3. The third-order valence-corrected chi connectivity index (χ3v) is 5.02. The molecule has 8 heteroatoms. The van der Waals surface area contributed by atoms with Gasteiger partial charge in [-0.15, -0.1) is 0 Å². The fourth-order valence-electron chi connectivity index (χ4n) is 3.68. The van der Waals surface area contributed by atoms with E-state index < -0.39 is 43.0 Å². The first-order valence-corrected chi connectivity index (χ1v) is 8.44. The van der Waals surface area contributed by atoms with Crippen LogP contribution < -0.4 is 0 Å². The van der Waals surface area contributed by atoms with Crippen molar-refractivity contribution in [3.05, 3.63) is 53.3 Å². The van der Waals surface area contributed by atoms with Crippen molar-refractivity contribution < 1.29 is 27.9 Å². The number of benzene rings is 1. The fourth-order valence-corrected chi connectivity index (χ4v) is 3.68. The van der Waals surface area contributed by atoms with Crippen LogP contribution in [-0.4, -0.2) is 45.7 Å². The van der Waals surface area contributed by atoms with Crippen LogP contribution in [0.3, 0.4) is 0 Å². The summed E-state index contributed by atoms with van der Waals surface area (Å²) in [5, 5.41) is 9.13. The van der Waals surface area contributed by atoms with Crippen molar-refractivity contribution in [3.8, 4) is 5.69 Å². The Kier molecular flexibility index (Phi) is 4.75. The fraction of sp³-hybridized carbons (Fsp3) is 0.368. The quantitative estimate of drug-likeness (QED) is 0.888. The predicted octanol–water partition coefficient (Wildman–Crippen LogP) is 3.43. The van der Waals surface area contributed by atoms with Crippen LogP contribution in [0.2, 0.25) is 0 Å². The molecule has 2 aromatic rings. The third-order valence-electron chi connectivity index (χ3n) is 5.02. The van der Waals surface area contributed by atoms with Crippen LogP contribution in [0.25, 0.3) is 5.69 Å². The summed E-state index contributed by atoms with van der Waals surface area (Å²) in [6.07, 6.45) is -4.67. The zero-order valence-corrected chi connectivity index (χ0v) is 14.8. The van der Waals surface area contributed by atoms with Gasteiger partial charge in [0, 0.05) is 30.2 Å². The maximum Gasteiger partial charge on any atom is 0.394 e. The number of aromatic nitrogens is 1. The van der Waals surface area contributed by atoms with Gasteiger partial charge in [0.05, 0.1) is 17.4 Å². The largest absolute Gasteiger partial charge is 0.481 e. The highest BCUT2D eigenvalue weighted by Crippen LogP contribution is 2.38. The van der Waals surface area contributed by atoms with E-state index in [-0.39, 0.29) is 5.56 Å². The maximum absolute atomic E-state index is 13.2. The van der Waals surface area contributed by atoms with E-state index >= 15 is 0 Å². The Morgan fingerprint density at radius 3 is 2.26 bits per heavy atom. The van der Waals surface area contributed by atoms with Gasteiger partial charge >= 0.3 is 12.1 Å². The number of likely N-dealkylation sites (tertiary alicyclic amines) is 1. The van der Waals surface area contributed by atoms with E-state index in [4.69, 9.17) is 5.11 Å². The van der Waals surface area contributed by atoms with Crippen LogP contribution in [0.5, 0.6) is 0 Å². The molecule has 0 unspecified atom stereocenters. The molecule has 1 amide bonds. The van der Waals surface area contributed by atoms with Crippen LogP contribution in [-0.2, 0) is 4.79 Å². The Morgan fingerprint density at radius 2 is 1.74 bits per heavy atom. The van der Waals surface area contributed by atoms with Crippen molar-refractivity contribution in [2.24, 2.45) is 11.8 Å². The normalized spacial score (nSPS) is 20.1. The van der Waals surface area contributed by atoms with Crippen LogP contribution >= 0.6 is 0 Å². The van der Waals surface area contributed by atoms with Crippen LogP contribution in [0, 0.1) is 25.7 Å².